The maximum atomic E-state index is 11.9. The van der Waals surface area contributed by atoms with Crippen LogP contribution in [0.1, 0.15) is 25.3 Å². The lowest BCUT2D eigenvalue weighted by atomic mass is 10.2. The van der Waals surface area contributed by atoms with E-state index in [-0.39, 0.29) is 11.6 Å². The van der Waals surface area contributed by atoms with Crippen LogP contribution in [-0.4, -0.2) is 17.4 Å². The molecule has 0 aliphatic rings. The number of carbonyl (C=O) groups is 1. The number of anilines is 1. The number of nitro benzene ring substituents is 1. The topological polar surface area (TPSA) is 81.5 Å². The number of unbranched alkanes of at least 4 members (excludes halogenated alkanes) is 1. The Labute approximate surface area is 146 Å². The van der Waals surface area contributed by atoms with Crippen LogP contribution in [0.4, 0.5) is 11.4 Å². The Hall–Kier alpha value is -3.15. The maximum absolute atomic E-state index is 11.9. The van der Waals surface area contributed by atoms with Crippen LogP contribution in [0.5, 0.6) is 5.75 Å². The van der Waals surface area contributed by atoms with Gasteiger partial charge in [-0.05, 0) is 42.3 Å². The van der Waals surface area contributed by atoms with Crippen LogP contribution in [0.25, 0.3) is 6.08 Å². The second-order valence-electron chi connectivity index (χ2n) is 5.40. The summed E-state index contributed by atoms with van der Waals surface area (Å²) in [5.74, 6) is 0.449. The van der Waals surface area contributed by atoms with Gasteiger partial charge in [-0.1, -0.05) is 25.5 Å². The molecule has 0 heterocycles. The minimum absolute atomic E-state index is 0.0128. The highest BCUT2D eigenvalue weighted by atomic mass is 16.6. The predicted octanol–water partition coefficient (Wildman–Crippen LogP) is 4.43. The molecule has 0 atom stereocenters. The molecule has 0 saturated heterocycles. The van der Waals surface area contributed by atoms with Gasteiger partial charge in [0.2, 0.25) is 5.91 Å². The first kappa shape index (κ1) is 18.2. The summed E-state index contributed by atoms with van der Waals surface area (Å²) in [5, 5.41) is 13.5. The summed E-state index contributed by atoms with van der Waals surface area (Å²) in [6, 6.07) is 13.2. The van der Waals surface area contributed by atoms with Gasteiger partial charge in [-0.2, -0.15) is 0 Å². The molecule has 0 radical (unpaired) electrons. The highest BCUT2D eigenvalue weighted by Crippen LogP contribution is 2.17. The molecule has 1 amide bonds. The van der Waals surface area contributed by atoms with E-state index in [2.05, 4.69) is 12.2 Å². The van der Waals surface area contributed by atoms with E-state index in [4.69, 9.17) is 4.74 Å². The summed E-state index contributed by atoms with van der Waals surface area (Å²) in [5.41, 5.74) is 1.22. The highest BCUT2D eigenvalue weighted by Gasteiger charge is 2.04. The first-order valence-corrected chi connectivity index (χ1v) is 8.05. The maximum Gasteiger partial charge on any atom is 0.270 e. The third-order valence-corrected chi connectivity index (χ3v) is 3.40. The van der Waals surface area contributed by atoms with Crippen molar-refractivity contribution >= 4 is 23.4 Å². The van der Waals surface area contributed by atoms with E-state index in [1.54, 1.807) is 36.4 Å². The first-order valence-electron chi connectivity index (χ1n) is 8.05. The second kappa shape index (κ2) is 9.22. The van der Waals surface area contributed by atoms with E-state index < -0.39 is 4.92 Å². The van der Waals surface area contributed by atoms with Crippen molar-refractivity contribution in [3.63, 3.8) is 0 Å². The minimum atomic E-state index is -0.471. The third kappa shape index (κ3) is 6.10. The van der Waals surface area contributed by atoms with Crippen molar-refractivity contribution in [1.82, 2.24) is 0 Å². The molecular formula is C19H20N2O4. The Bertz CT molecular complexity index is 754. The van der Waals surface area contributed by atoms with Gasteiger partial charge in [0.1, 0.15) is 5.75 Å². The Morgan fingerprint density at radius 2 is 2.00 bits per heavy atom. The monoisotopic (exact) mass is 340 g/mol. The summed E-state index contributed by atoms with van der Waals surface area (Å²) in [4.78, 5) is 22.2. The zero-order chi connectivity index (χ0) is 18.1. The molecule has 0 aromatic heterocycles. The van der Waals surface area contributed by atoms with Gasteiger partial charge in [-0.15, -0.1) is 0 Å². The van der Waals surface area contributed by atoms with E-state index in [0.717, 1.165) is 18.6 Å². The van der Waals surface area contributed by atoms with Gasteiger partial charge in [-0.3, -0.25) is 14.9 Å². The number of rotatable bonds is 8. The molecule has 2 aromatic carbocycles. The fourth-order valence-electron chi connectivity index (χ4n) is 2.07. The number of ether oxygens (including phenoxy) is 1. The summed E-state index contributed by atoms with van der Waals surface area (Å²) in [6.07, 6.45) is 4.95. The zero-order valence-corrected chi connectivity index (χ0v) is 14.0. The molecule has 0 bridgehead atoms. The fraction of sp³-hybridized carbons (Fsp3) is 0.211. The second-order valence-corrected chi connectivity index (χ2v) is 5.40. The highest BCUT2D eigenvalue weighted by molar-refractivity contribution is 6.01. The van der Waals surface area contributed by atoms with Crippen molar-refractivity contribution in [2.75, 3.05) is 11.9 Å². The van der Waals surface area contributed by atoms with Crippen LogP contribution >= 0.6 is 0 Å². The number of hydrogen-bond donors (Lipinski definition) is 1. The molecule has 0 aliphatic heterocycles. The lowest BCUT2D eigenvalue weighted by molar-refractivity contribution is -0.384. The minimum Gasteiger partial charge on any atom is -0.494 e. The van der Waals surface area contributed by atoms with Crippen LogP contribution in [0.2, 0.25) is 0 Å². The molecule has 130 valence electrons. The van der Waals surface area contributed by atoms with E-state index >= 15 is 0 Å². The average molecular weight is 340 g/mol. The number of nitrogens with zero attached hydrogens (tertiary/aromatic N) is 1. The normalized spacial score (nSPS) is 10.6. The molecule has 6 heteroatoms. The van der Waals surface area contributed by atoms with Crippen LogP contribution < -0.4 is 10.1 Å². The Kier molecular flexibility index (Phi) is 6.71. The number of benzene rings is 2. The number of amides is 1. The van der Waals surface area contributed by atoms with E-state index in [9.17, 15) is 14.9 Å². The Morgan fingerprint density at radius 1 is 1.24 bits per heavy atom. The Morgan fingerprint density at radius 3 is 2.68 bits per heavy atom. The van der Waals surface area contributed by atoms with Crippen LogP contribution in [-0.2, 0) is 4.79 Å². The van der Waals surface area contributed by atoms with Gasteiger partial charge < -0.3 is 10.1 Å². The summed E-state index contributed by atoms with van der Waals surface area (Å²) in [7, 11) is 0. The summed E-state index contributed by atoms with van der Waals surface area (Å²) in [6.45, 7) is 2.78. The summed E-state index contributed by atoms with van der Waals surface area (Å²) < 4.78 is 5.56. The fourth-order valence-corrected chi connectivity index (χ4v) is 2.07. The Balaban J connectivity index is 1.91. The van der Waals surface area contributed by atoms with Crippen molar-refractivity contribution in [1.29, 1.82) is 0 Å². The molecule has 0 aliphatic carbocycles. The number of non-ortho nitro benzene ring substituents is 1. The van der Waals surface area contributed by atoms with E-state index in [1.807, 2.05) is 0 Å². The first-order chi connectivity index (χ1) is 12.1. The van der Waals surface area contributed by atoms with Gasteiger partial charge in [0.05, 0.1) is 11.5 Å². The van der Waals surface area contributed by atoms with Crippen LogP contribution in [0.3, 0.4) is 0 Å². The third-order valence-electron chi connectivity index (χ3n) is 3.40. The van der Waals surface area contributed by atoms with Gasteiger partial charge >= 0.3 is 0 Å². The average Bonchev–Trinajstić information content (AvgIpc) is 2.62. The van der Waals surface area contributed by atoms with Gasteiger partial charge in [0.25, 0.3) is 5.69 Å². The predicted molar refractivity (Wildman–Crippen MR) is 97.6 cm³/mol. The van der Waals surface area contributed by atoms with Gasteiger partial charge in [0.15, 0.2) is 0 Å². The quantitative estimate of drug-likeness (QED) is 0.334. The van der Waals surface area contributed by atoms with Gasteiger partial charge in [-0.25, -0.2) is 0 Å². The smallest absolute Gasteiger partial charge is 0.270 e. The molecule has 2 aromatic rings. The lowest BCUT2D eigenvalue weighted by Crippen LogP contribution is -2.07. The van der Waals surface area contributed by atoms with Crippen molar-refractivity contribution < 1.29 is 14.5 Å². The molecule has 25 heavy (non-hydrogen) atoms. The van der Waals surface area contributed by atoms with Crippen LogP contribution in [0.15, 0.2) is 54.6 Å². The van der Waals surface area contributed by atoms with Crippen molar-refractivity contribution in [3.8, 4) is 5.75 Å². The molecule has 1 N–H and O–H groups in total. The number of nitrogens with one attached hydrogen (secondary N) is 1. The lowest BCUT2D eigenvalue weighted by Gasteiger charge is -2.06. The summed E-state index contributed by atoms with van der Waals surface area (Å²) >= 11 is 0. The largest absolute Gasteiger partial charge is 0.494 e. The molecule has 2 rings (SSSR count). The SMILES string of the molecule is CCCCOc1ccc(NC(=O)C=Cc2cccc([N+](=O)[O-])c2)cc1. The van der Waals surface area contributed by atoms with Crippen molar-refractivity contribution in [2.45, 2.75) is 19.8 Å². The number of hydrogen-bond acceptors (Lipinski definition) is 4. The molecule has 0 unspecified atom stereocenters. The molecule has 0 fully saturated rings. The molecule has 0 spiro atoms. The molecule has 6 nitrogen and oxygen atoms in total. The number of nitro groups is 1. The molecule has 0 saturated carbocycles. The van der Waals surface area contributed by atoms with Crippen molar-refractivity contribution in [2.24, 2.45) is 0 Å². The van der Waals surface area contributed by atoms with Gasteiger partial charge in [0, 0.05) is 23.9 Å². The van der Waals surface area contributed by atoms with Crippen LogP contribution in [0, 0.1) is 10.1 Å². The van der Waals surface area contributed by atoms with E-state index in [1.165, 1.54) is 24.3 Å². The van der Waals surface area contributed by atoms with Crippen molar-refractivity contribution in [3.05, 3.63) is 70.3 Å². The van der Waals surface area contributed by atoms with E-state index in [0.29, 0.717) is 17.9 Å². The number of carbonyl (C=O) groups excluding carboxylic acids is 1. The standard InChI is InChI=1S/C19H20N2O4/c1-2-3-13-25-18-10-8-16(9-11-18)20-19(22)12-7-15-5-4-6-17(14-15)21(23)24/h4-12,14H,2-3,13H2,1H3,(H,20,22). The molecular weight excluding hydrogens is 320 g/mol. The zero-order valence-electron chi connectivity index (χ0n) is 14.0.